The lowest BCUT2D eigenvalue weighted by Crippen LogP contribution is -2.47. The molecule has 0 spiro atoms. The molecule has 0 unspecified atom stereocenters. The van der Waals surface area contributed by atoms with Gasteiger partial charge in [-0.1, -0.05) is 6.92 Å². The molecule has 0 atom stereocenters. The van der Waals surface area contributed by atoms with Crippen LogP contribution < -0.4 is 0 Å². The van der Waals surface area contributed by atoms with Crippen molar-refractivity contribution in [1.29, 1.82) is 0 Å². The summed E-state index contributed by atoms with van der Waals surface area (Å²) >= 11 is 0. The Kier molecular flexibility index (Phi) is 9.34. The van der Waals surface area contributed by atoms with Crippen LogP contribution in [0.1, 0.15) is 34.1 Å². The Morgan fingerprint density at radius 3 is 1.76 bits per heavy atom. The third kappa shape index (κ3) is 6.77. The first-order valence-electron chi connectivity index (χ1n) is 6.21. The van der Waals surface area contributed by atoms with Crippen molar-refractivity contribution in [1.82, 2.24) is 0 Å². The number of rotatable bonds is 10. The minimum atomic E-state index is -2.65. The van der Waals surface area contributed by atoms with Gasteiger partial charge in [0.05, 0.1) is 12.7 Å². The summed E-state index contributed by atoms with van der Waals surface area (Å²) in [6.07, 6.45) is 0.381. The maximum Gasteiger partial charge on any atom is 0.504 e. The standard InChI is InChI=1S/C11H24O5Si/c1-5-11(12)13-9-10-17(14-6-2,15-7-3)16-8-4/h5-10H2,1-4H3. The van der Waals surface area contributed by atoms with E-state index in [1.54, 1.807) is 6.92 Å². The molecule has 0 radical (unpaired) electrons. The SMILES string of the molecule is CCO[Si](CCOC(=O)CC)(OCC)OCC. The Morgan fingerprint density at radius 2 is 1.41 bits per heavy atom. The first-order valence-corrected chi connectivity index (χ1v) is 8.14. The lowest BCUT2D eigenvalue weighted by molar-refractivity contribution is -0.142. The lowest BCUT2D eigenvalue weighted by atomic mass is 10.5. The quantitative estimate of drug-likeness (QED) is 0.446. The Hall–Kier alpha value is -0.433. The fourth-order valence-corrected chi connectivity index (χ4v) is 3.75. The van der Waals surface area contributed by atoms with Crippen LogP contribution in [-0.2, 0) is 22.8 Å². The van der Waals surface area contributed by atoms with Crippen molar-refractivity contribution in [3.8, 4) is 0 Å². The molecular formula is C11H24O5Si. The van der Waals surface area contributed by atoms with Crippen LogP contribution in [0.25, 0.3) is 0 Å². The van der Waals surface area contributed by atoms with Gasteiger partial charge in [0.2, 0.25) is 0 Å². The van der Waals surface area contributed by atoms with Gasteiger partial charge in [0.15, 0.2) is 0 Å². The minimum Gasteiger partial charge on any atom is -0.466 e. The summed E-state index contributed by atoms with van der Waals surface area (Å²) in [4.78, 5) is 11.0. The molecule has 0 saturated heterocycles. The number of hydrogen-bond acceptors (Lipinski definition) is 5. The number of hydrogen-bond donors (Lipinski definition) is 0. The van der Waals surface area contributed by atoms with Gasteiger partial charge in [-0.25, -0.2) is 0 Å². The zero-order valence-electron chi connectivity index (χ0n) is 11.3. The average Bonchev–Trinajstić information content (AvgIpc) is 2.30. The molecule has 102 valence electrons. The summed E-state index contributed by atoms with van der Waals surface area (Å²) in [6.45, 7) is 9.36. The molecule has 0 N–H and O–H groups in total. The second kappa shape index (κ2) is 9.58. The molecule has 0 aliphatic rings. The van der Waals surface area contributed by atoms with E-state index in [0.29, 0.717) is 38.9 Å². The molecule has 0 heterocycles. The Balaban J connectivity index is 4.27. The Morgan fingerprint density at radius 1 is 0.941 bits per heavy atom. The number of carbonyl (C=O) groups excluding carboxylic acids is 1. The highest BCUT2D eigenvalue weighted by Gasteiger charge is 2.40. The first kappa shape index (κ1) is 16.6. The van der Waals surface area contributed by atoms with Gasteiger partial charge >= 0.3 is 14.8 Å². The van der Waals surface area contributed by atoms with Gasteiger partial charge in [-0.3, -0.25) is 4.79 Å². The average molecular weight is 264 g/mol. The largest absolute Gasteiger partial charge is 0.504 e. The summed E-state index contributed by atoms with van der Waals surface area (Å²) in [5, 5.41) is 0. The van der Waals surface area contributed by atoms with Crippen LogP contribution in [0.2, 0.25) is 6.04 Å². The van der Waals surface area contributed by atoms with E-state index >= 15 is 0 Å². The summed E-state index contributed by atoms with van der Waals surface area (Å²) in [6, 6.07) is 0.508. The topological polar surface area (TPSA) is 54.0 Å². The van der Waals surface area contributed by atoms with Gasteiger partial charge < -0.3 is 18.0 Å². The van der Waals surface area contributed by atoms with Crippen molar-refractivity contribution < 1.29 is 22.8 Å². The van der Waals surface area contributed by atoms with Crippen LogP contribution in [0.15, 0.2) is 0 Å². The molecule has 0 aliphatic heterocycles. The second-order valence-electron chi connectivity index (χ2n) is 3.31. The van der Waals surface area contributed by atoms with Crippen LogP contribution in [0.5, 0.6) is 0 Å². The summed E-state index contributed by atoms with van der Waals surface area (Å²) in [7, 11) is -2.65. The van der Waals surface area contributed by atoms with Gasteiger partial charge in [-0.2, -0.15) is 0 Å². The molecule has 0 aromatic heterocycles. The predicted octanol–water partition coefficient (Wildman–Crippen LogP) is 1.99. The minimum absolute atomic E-state index is 0.211. The van der Waals surface area contributed by atoms with Crippen LogP contribution >= 0.6 is 0 Å². The molecule has 0 aliphatic carbocycles. The fraction of sp³-hybridized carbons (Fsp3) is 0.909. The van der Waals surface area contributed by atoms with Crippen LogP contribution in [0.3, 0.4) is 0 Å². The zero-order chi connectivity index (χ0) is 13.1. The zero-order valence-corrected chi connectivity index (χ0v) is 12.3. The Labute approximate surface area is 105 Å². The molecule has 0 bridgehead atoms. The van der Waals surface area contributed by atoms with Crippen LogP contribution in [0, 0.1) is 0 Å². The molecule has 0 amide bonds. The molecule has 5 nitrogen and oxygen atoms in total. The van der Waals surface area contributed by atoms with Gasteiger partial charge in [-0.15, -0.1) is 0 Å². The predicted molar refractivity (Wildman–Crippen MR) is 66.7 cm³/mol. The van der Waals surface area contributed by atoms with Crippen molar-refractivity contribution in [2.45, 2.75) is 40.2 Å². The molecular weight excluding hydrogens is 240 g/mol. The van der Waals surface area contributed by atoms with Crippen molar-refractivity contribution >= 4 is 14.8 Å². The smallest absolute Gasteiger partial charge is 0.466 e. The van der Waals surface area contributed by atoms with Crippen LogP contribution in [0.4, 0.5) is 0 Å². The van der Waals surface area contributed by atoms with Gasteiger partial charge in [0, 0.05) is 26.2 Å². The molecule has 17 heavy (non-hydrogen) atoms. The molecule has 0 aromatic carbocycles. The first-order chi connectivity index (χ1) is 8.14. The molecule has 0 aromatic rings. The van der Waals surface area contributed by atoms with Gasteiger partial charge in [0.1, 0.15) is 0 Å². The molecule has 0 fully saturated rings. The monoisotopic (exact) mass is 264 g/mol. The van der Waals surface area contributed by atoms with Crippen molar-refractivity contribution in [2.24, 2.45) is 0 Å². The number of carbonyl (C=O) groups is 1. The van der Waals surface area contributed by atoms with Gasteiger partial charge in [-0.05, 0) is 20.8 Å². The van der Waals surface area contributed by atoms with E-state index in [1.165, 1.54) is 0 Å². The van der Waals surface area contributed by atoms with Crippen molar-refractivity contribution in [3.63, 3.8) is 0 Å². The van der Waals surface area contributed by atoms with Crippen molar-refractivity contribution in [2.75, 3.05) is 26.4 Å². The summed E-state index contributed by atoms with van der Waals surface area (Å²) in [5.74, 6) is -0.211. The summed E-state index contributed by atoms with van der Waals surface area (Å²) in [5.41, 5.74) is 0. The normalized spacial score (nSPS) is 11.5. The second-order valence-corrected chi connectivity index (χ2v) is 6.04. The van der Waals surface area contributed by atoms with E-state index in [0.717, 1.165) is 0 Å². The third-order valence-electron chi connectivity index (χ3n) is 2.05. The molecule has 6 heteroatoms. The Bertz CT molecular complexity index is 193. The maximum absolute atomic E-state index is 11.0. The molecule has 0 rings (SSSR count). The van der Waals surface area contributed by atoms with Gasteiger partial charge in [0.25, 0.3) is 0 Å². The van der Waals surface area contributed by atoms with E-state index in [9.17, 15) is 4.79 Å². The molecule has 0 saturated carbocycles. The van der Waals surface area contributed by atoms with E-state index in [1.807, 2.05) is 20.8 Å². The lowest BCUT2D eigenvalue weighted by Gasteiger charge is -2.28. The highest BCUT2D eigenvalue weighted by Crippen LogP contribution is 2.16. The van der Waals surface area contributed by atoms with E-state index in [-0.39, 0.29) is 5.97 Å². The summed E-state index contributed by atoms with van der Waals surface area (Å²) < 4.78 is 21.9. The van der Waals surface area contributed by atoms with Crippen molar-refractivity contribution in [3.05, 3.63) is 0 Å². The van der Waals surface area contributed by atoms with E-state index in [2.05, 4.69) is 0 Å². The van der Waals surface area contributed by atoms with E-state index < -0.39 is 8.80 Å². The van der Waals surface area contributed by atoms with E-state index in [4.69, 9.17) is 18.0 Å². The van der Waals surface area contributed by atoms with Crippen LogP contribution in [-0.4, -0.2) is 41.2 Å². The third-order valence-corrected chi connectivity index (χ3v) is 5.05. The highest BCUT2D eigenvalue weighted by molar-refractivity contribution is 6.60. The maximum atomic E-state index is 11.0. The fourth-order valence-electron chi connectivity index (χ4n) is 1.39. The number of esters is 1. The number of ether oxygens (including phenoxy) is 1. The highest BCUT2D eigenvalue weighted by atomic mass is 28.4.